The normalized spacial score (nSPS) is 19.6. The van der Waals surface area contributed by atoms with Crippen molar-refractivity contribution in [1.82, 2.24) is 29.7 Å². The number of likely N-dealkylation sites (N-methyl/N-ethyl adjacent to an activating group) is 1. The van der Waals surface area contributed by atoms with Crippen LogP contribution in [0.25, 0.3) is 5.65 Å². The highest BCUT2D eigenvalue weighted by molar-refractivity contribution is 5.97. The average molecular weight is 649 g/mol. The van der Waals surface area contributed by atoms with Gasteiger partial charge >= 0.3 is 6.09 Å². The molecule has 0 radical (unpaired) electrons. The Balaban J connectivity index is 1.53. The lowest BCUT2D eigenvalue weighted by atomic mass is 10.1. The standard InChI is InChI=1S/C34H48N8O5/c1-9-27-26-19-30-36-29(41-13-12-24(21-41)35-33(45)47-34(4,5)6)20-31(42(30)37-26)38(7)14-15-40(23(3)43)16-17-46-28-11-10-22(2)18-25(28)32(44)39(27)8/h10-11,18-20,24,27H,9,12-17,21H2,1-8H3,(H,35,45)/t24-,27-/m0/s1. The molecule has 1 aromatic carbocycles. The summed E-state index contributed by atoms with van der Waals surface area (Å²) in [5, 5.41) is 8.00. The quantitative estimate of drug-likeness (QED) is 0.448. The lowest BCUT2D eigenvalue weighted by Crippen LogP contribution is -2.40. The van der Waals surface area contributed by atoms with E-state index in [1.165, 1.54) is 0 Å². The highest BCUT2D eigenvalue weighted by atomic mass is 16.6. The van der Waals surface area contributed by atoms with Crippen LogP contribution in [0.1, 0.15) is 75.1 Å². The summed E-state index contributed by atoms with van der Waals surface area (Å²) in [6, 6.07) is 9.13. The molecule has 1 N–H and O–H groups in total. The van der Waals surface area contributed by atoms with Gasteiger partial charge in [0.1, 0.15) is 29.6 Å². The molecule has 2 bridgehead atoms. The minimum absolute atomic E-state index is 0.0589. The molecule has 13 heteroatoms. The molecule has 2 atom stereocenters. The summed E-state index contributed by atoms with van der Waals surface area (Å²) in [5.41, 5.74) is 2.22. The highest BCUT2D eigenvalue weighted by Gasteiger charge is 2.30. The molecule has 0 unspecified atom stereocenters. The van der Waals surface area contributed by atoms with Crippen LogP contribution in [0.3, 0.4) is 0 Å². The fourth-order valence-electron chi connectivity index (χ4n) is 6.15. The first-order valence-electron chi connectivity index (χ1n) is 16.4. The van der Waals surface area contributed by atoms with Crippen LogP contribution in [0.4, 0.5) is 16.4 Å². The van der Waals surface area contributed by atoms with Gasteiger partial charge in [0.05, 0.1) is 29.9 Å². The van der Waals surface area contributed by atoms with Crippen LogP contribution < -0.4 is 19.9 Å². The third-order valence-corrected chi connectivity index (χ3v) is 8.69. The number of hydrogen-bond donors (Lipinski definition) is 1. The maximum absolute atomic E-state index is 14.0. The number of nitrogens with one attached hydrogen (secondary N) is 1. The van der Waals surface area contributed by atoms with E-state index in [0.717, 1.165) is 29.3 Å². The number of carbonyl (C=O) groups excluding carboxylic acids is 3. The second-order valence-corrected chi connectivity index (χ2v) is 13.5. The number of anilines is 2. The molecule has 4 heterocycles. The SMILES string of the molecule is CC[C@H]1c2cc3nc(N4CC[C@H](NC(=O)OC(C)(C)C)C4)cc(n3n2)N(C)CCN(C(C)=O)CCOc2ccc(C)cc2C(=O)N1C. The van der Waals surface area contributed by atoms with Crippen LogP contribution in [0, 0.1) is 6.92 Å². The van der Waals surface area contributed by atoms with Crippen LogP contribution in [0.5, 0.6) is 5.75 Å². The number of hydrogen-bond acceptors (Lipinski definition) is 9. The molecule has 254 valence electrons. The Morgan fingerprint density at radius 2 is 1.85 bits per heavy atom. The monoisotopic (exact) mass is 648 g/mol. The molecule has 2 aliphatic heterocycles. The number of carbonyl (C=O) groups is 3. The Bertz CT molecular complexity index is 1630. The number of fused-ring (bicyclic) bond motifs is 2. The van der Waals surface area contributed by atoms with Crippen LogP contribution in [0.15, 0.2) is 30.3 Å². The molecule has 0 aliphatic carbocycles. The molecule has 1 fully saturated rings. The van der Waals surface area contributed by atoms with Gasteiger partial charge in [-0.2, -0.15) is 9.61 Å². The van der Waals surface area contributed by atoms with E-state index in [1.54, 1.807) is 23.8 Å². The number of benzene rings is 1. The molecular weight excluding hydrogens is 600 g/mol. The van der Waals surface area contributed by atoms with Crippen molar-refractivity contribution in [2.24, 2.45) is 0 Å². The first-order valence-corrected chi connectivity index (χ1v) is 16.4. The zero-order valence-electron chi connectivity index (χ0n) is 28.9. The Hall–Kier alpha value is -4.55. The van der Waals surface area contributed by atoms with Gasteiger partial charge < -0.3 is 34.4 Å². The van der Waals surface area contributed by atoms with E-state index < -0.39 is 11.7 Å². The zero-order chi connectivity index (χ0) is 34.0. The van der Waals surface area contributed by atoms with Crippen LogP contribution in [-0.4, -0.2) is 107 Å². The minimum atomic E-state index is -0.575. The van der Waals surface area contributed by atoms with Gasteiger partial charge in [0.15, 0.2) is 5.65 Å². The molecular formula is C34H48N8O5. The van der Waals surface area contributed by atoms with Crippen molar-refractivity contribution in [3.8, 4) is 5.75 Å². The topological polar surface area (TPSA) is 125 Å². The highest BCUT2D eigenvalue weighted by Crippen LogP contribution is 2.31. The van der Waals surface area contributed by atoms with Gasteiger partial charge in [-0.25, -0.2) is 9.78 Å². The van der Waals surface area contributed by atoms with Crippen LogP contribution in [-0.2, 0) is 9.53 Å². The van der Waals surface area contributed by atoms with Crippen molar-refractivity contribution < 1.29 is 23.9 Å². The summed E-state index contributed by atoms with van der Waals surface area (Å²) in [4.78, 5) is 51.8. The molecule has 3 aromatic rings. The van der Waals surface area contributed by atoms with Crippen molar-refractivity contribution in [2.45, 2.75) is 72.1 Å². The second kappa shape index (κ2) is 13.7. The first-order chi connectivity index (χ1) is 22.2. The van der Waals surface area contributed by atoms with E-state index in [-0.39, 0.29) is 30.5 Å². The predicted octanol–water partition coefficient (Wildman–Crippen LogP) is 4.04. The molecule has 3 amide bonds. The number of aromatic nitrogens is 3. The van der Waals surface area contributed by atoms with Crippen LogP contribution >= 0.6 is 0 Å². The maximum Gasteiger partial charge on any atom is 0.407 e. The lowest BCUT2D eigenvalue weighted by molar-refractivity contribution is -0.129. The number of rotatable bonds is 3. The summed E-state index contributed by atoms with van der Waals surface area (Å²) in [5.74, 6) is 1.82. The average Bonchev–Trinajstić information content (AvgIpc) is 3.64. The Morgan fingerprint density at radius 1 is 1.09 bits per heavy atom. The Labute approximate surface area is 276 Å². The van der Waals surface area contributed by atoms with Crippen molar-refractivity contribution in [2.75, 3.05) is 63.2 Å². The van der Waals surface area contributed by atoms with Gasteiger partial charge in [0, 0.05) is 59.3 Å². The number of alkyl carbamates (subject to hydrolysis) is 1. The van der Waals surface area contributed by atoms with E-state index in [9.17, 15) is 14.4 Å². The molecule has 0 spiro atoms. The van der Waals surface area contributed by atoms with Crippen molar-refractivity contribution in [3.05, 3.63) is 47.2 Å². The molecule has 2 aliphatic rings. The van der Waals surface area contributed by atoms with Crippen molar-refractivity contribution in [3.63, 3.8) is 0 Å². The first kappa shape index (κ1) is 33.8. The van der Waals surface area contributed by atoms with Gasteiger partial charge in [0.2, 0.25) is 5.91 Å². The number of amides is 3. The van der Waals surface area contributed by atoms with E-state index >= 15 is 0 Å². The van der Waals surface area contributed by atoms with Crippen LogP contribution in [0.2, 0.25) is 0 Å². The van der Waals surface area contributed by atoms with Crippen molar-refractivity contribution >= 4 is 35.2 Å². The van der Waals surface area contributed by atoms with Crippen molar-refractivity contribution in [1.29, 1.82) is 0 Å². The Kier molecular flexibility index (Phi) is 9.83. The molecule has 0 saturated carbocycles. The summed E-state index contributed by atoms with van der Waals surface area (Å²) in [6.07, 6.45) is 0.965. The van der Waals surface area contributed by atoms with Gasteiger partial charge in [-0.1, -0.05) is 18.6 Å². The summed E-state index contributed by atoms with van der Waals surface area (Å²) in [6.45, 7) is 14.0. The second-order valence-electron chi connectivity index (χ2n) is 13.5. The Morgan fingerprint density at radius 3 is 2.55 bits per heavy atom. The van der Waals surface area contributed by atoms with E-state index in [1.807, 2.05) is 76.5 Å². The van der Waals surface area contributed by atoms with E-state index in [0.29, 0.717) is 56.1 Å². The summed E-state index contributed by atoms with van der Waals surface area (Å²) >= 11 is 0. The third kappa shape index (κ3) is 7.71. The lowest BCUT2D eigenvalue weighted by Gasteiger charge is -2.28. The molecule has 2 aromatic heterocycles. The number of nitrogens with zero attached hydrogens (tertiary/aromatic N) is 7. The largest absolute Gasteiger partial charge is 0.491 e. The molecule has 5 rings (SSSR count). The number of ether oxygens (including phenoxy) is 2. The third-order valence-electron chi connectivity index (χ3n) is 8.69. The predicted molar refractivity (Wildman–Crippen MR) is 180 cm³/mol. The minimum Gasteiger partial charge on any atom is -0.491 e. The molecule has 47 heavy (non-hydrogen) atoms. The van der Waals surface area contributed by atoms with E-state index in [2.05, 4.69) is 15.1 Å². The summed E-state index contributed by atoms with van der Waals surface area (Å²) < 4.78 is 13.4. The fraction of sp³-hybridized carbons (Fsp3) is 0.559. The number of aryl methyl sites for hydroxylation is 1. The fourth-order valence-corrected chi connectivity index (χ4v) is 6.15. The van der Waals surface area contributed by atoms with Gasteiger partial charge in [-0.15, -0.1) is 0 Å². The zero-order valence-corrected chi connectivity index (χ0v) is 28.9. The smallest absolute Gasteiger partial charge is 0.407 e. The van der Waals surface area contributed by atoms with Gasteiger partial charge in [0.25, 0.3) is 5.91 Å². The van der Waals surface area contributed by atoms with E-state index in [4.69, 9.17) is 19.6 Å². The summed E-state index contributed by atoms with van der Waals surface area (Å²) in [7, 11) is 3.77. The molecule has 1 saturated heterocycles. The molecule has 13 nitrogen and oxygen atoms in total. The van der Waals surface area contributed by atoms with Gasteiger partial charge in [-0.3, -0.25) is 9.59 Å². The maximum atomic E-state index is 14.0. The van der Waals surface area contributed by atoms with Gasteiger partial charge in [-0.05, 0) is 52.7 Å².